The van der Waals surface area contributed by atoms with Crippen molar-refractivity contribution in [3.05, 3.63) is 35.2 Å². The highest BCUT2D eigenvalue weighted by atomic mass is 32.1. The van der Waals surface area contributed by atoms with E-state index in [9.17, 15) is 9.59 Å². The molecular formula is C13H13NO4S. The summed E-state index contributed by atoms with van der Waals surface area (Å²) in [5, 5.41) is 14.0. The van der Waals surface area contributed by atoms with Crippen molar-refractivity contribution >= 4 is 33.3 Å². The van der Waals surface area contributed by atoms with E-state index in [0.29, 0.717) is 5.56 Å². The van der Waals surface area contributed by atoms with Crippen LogP contribution in [0.3, 0.4) is 0 Å². The minimum Gasteiger partial charge on any atom is -0.479 e. The fraction of sp³-hybridized carbons (Fsp3) is 0.231. The van der Waals surface area contributed by atoms with Gasteiger partial charge >= 0.3 is 5.97 Å². The van der Waals surface area contributed by atoms with Crippen LogP contribution in [0, 0.1) is 0 Å². The van der Waals surface area contributed by atoms with E-state index >= 15 is 0 Å². The monoisotopic (exact) mass is 279 g/mol. The molecule has 2 aromatic rings. The number of amides is 1. The molecule has 1 atom stereocenters. The second-order valence-electron chi connectivity index (χ2n) is 3.92. The number of carbonyl (C=O) groups excluding carboxylic acids is 1. The van der Waals surface area contributed by atoms with Crippen molar-refractivity contribution in [1.82, 2.24) is 5.32 Å². The smallest absolute Gasteiger partial charge is 0.334 e. The van der Waals surface area contributed by atoms with E-state index in [2.05, 4.69) is 5.32 Å². The predicted octanol–water partition coefficient (Wildman–Crippen LogP) is 1.73. The van der Waals surface area contributed by atoms with E-state index < -0.39 is 12.1 Å². The van der Waals surface area contributed by atoms with Crippen LogP contribution in [-0.2, 0) is 9.53 Å². The number of fused-ring (bicyclic) bond motifs is 1. The average Bonchev–Trinajstić information content (AvgIpc) is 2.82. The molecule has 1 aromatic carbocycles. The molecule has 1 aromatic heterocycles. The maximum atomic E-state index is 12.0. The van der Waals surface area contributed by atoms with Crippen LogP contribution in [0.15, 0.2) is 29.6 Å². The Labute approximate surface area is 113 Å². The molecule has 5 nitrogen and oxygen atoms in total. The van der Waals surface area contributed by atoms with Crippen LogP contribution in [0.4, 0.5) is 0 Å². The first-order valence-corrected chi connectivity index (χ1v) is 6.51. The molecule has 100 valence electrons. The van der Waals surface area contributed by atoms with Gasteiger partial charge in [0.05, 0.1) is 12.1 Å². The summed E-state index contributed by atoms with van der Waals surface area (Å²) in [5.41, 5.74) is 0.556. The molecule has 0 bridgehead atoms. The first-order valence-electron chi connectivity index (χ1n) is 5.63. The van der Waals surface area contributed by atoms with Gasteiger partial charge in [-0.15, -0.1) is 11.3 Å². The number of ether oxygens (including phenoxy) is 1. The lowest BCUT2D eigenvalue weighted by molar-refractivity contribution is -0.147. The van der Waals surface area contributed by atoms with Gasteiger partial charge < -0.3 is 15.2 Å². The Balaban J connectivity index is 2.10. The molecule has 1 amide bonds. The largest absolute Gasteiger partial charge is 0.479 e. The number of carboxylic acid groups (broad SMARTS) is 1. The van der Waals surface area contributed by atoms with Crippen molar-refractivity contribution < 1.29 is 19.4 Å². The van der Waals surface area contributed by atoms with Gasteiger partial charge in [0.15, 0.2) is 6.10 Å². The molecule has 0 aliphatic rings. The summed E-state index contributed by atoms with van der Waals surface area (Å²) in [5.74, 6) is -1.39. The molecule has 2 rings (SSSR count). The van der Waals surface area contributed by atoms with Crippen molar-refractivity contribution in [2.75, 3.05) is 13.7 Å². The predicted molar refractivity (Wildman–Crippen MR) is 72.6 cm³/mol. The molecule has 6 heteroatoms. The third-order valence-corrected chi connectivity index (χ3v) is 3.70. The molecule has 2 N–H and O–H groups in total. The molecule has 0 radical (unpaired) electrons. The van der Waals surface area contributed by atoms with Crippen LogP contribution in [0.5, 0.6) is 0 Å². The van der Waals surface area contributed by atoms with Gasteiger partial charge in [0.25, 0.3) is 5.91 Å². The lowest BCUT2D eigenvalue weighted by Crippen LogP contribution is -2.37. The quantitative estimate of drug-likeness (QED) is 0.874. The molecule has 0 spiro atoms. The van der Waals surface area contributed by atoms with Crippen molar-refractivity contribution in [3.8, 4) is 0 Å². The lowest BCUT2D eigenvalue weighted by Gasteiger charge is -2.11. The standard InChI is InChI=1S/C13H13NO4S/c1-18-10(13(16)17)6-14-12(15)9-7-19-11-5-3-2-4-8(9)11/h2-5,7,10H,6H2,1H3,(H,14,15)(H,16,17). The molecule has 1 heterocycles. The highest BCUT2D eigenvalue weighted by Crippen LogP contribution is 2.25. The summed E-state index contributed by atoms with van der Waals surface area (Å²) in [7, 11) is 1.30. The summed E-state index contributed by atoms with van der Waals surface area (Å²) in [6.07, 6.45) is -1.03. The van der Waals surface area contributed by atoms with Crippen molar-refractivity contribution in [3.63, 3.8) is 0 Å². The number of hydrogen-bond donors (Lipinski definition) is 2. The van der Waals surface area contributed by atoms with Crippen LogP contribution in [0.25, 0.3) is 10.1 Å². The SMILES string of the molecule is COC(CNC(=O)c1csc2ccccc12)C(=O)O. The Hall–Kier alpha value is -1.92. The van der Waals surface area contributed by atoms with E-state index in [1.165, 1.54) is 18.4 Å². The van der Waals surface area contributed by atoms with Crippen LogP contribution < -0.4 is 5.32 Å². The topological polar surface area (TPSA) is 75.6 Å². The number of thiophene rings is 1. The summed E-state index contributed by atoms with van der Waals surface area (Å²) in [4.78, 5) is 22.8. The Morgan fingerprint density at radius 2 is 2.16 bits per heavy atom. The van der Waals surface area contributed by atoms with E-state index in [-0.39, 0.29) is 12.5 Å². The Morgan fingerprint density at radius 3 is 2.84 bits per heavy atom. The second-order valence-corrected chi connectivity index (χ2v) is 4.83. The summed E-state index contributed by atoms with van der Waals surface area (Å²) >= 11 is 1.48. The number of carboxylic acids is 1. The minimum absolute atomic E-state index is 0.0607. The molecular weight excluding hydrogens is 266 g/mol. The first-order chi connectivity index (χ1) is 9.13. The molecule has 1 unspecified atom stereocenters. The summed E-state index contributed by atoms with van der Waals surface area (Å²) in [6, 6.07) is 7.57. The zero-order chi connectivity index (χ0) is 13.8. The highest BCUT2D eigenvalue weighted by Gasteiger charge is 2.18. The normalized spacial score (nSPS) is 12.3. The highest BCUT2D eigenvalue weighted by molar-refractivity contribution is 7.17. The van der Waals surface area contributed by atoms with Crippen LogP contribution in [-0.4, -0.2) is 36.7 Å². The second kappa shape index (κ2) is 5.81. The Bertz CT molecular complexity index is 607. The molecule has 0 saturated heterocycles. The maximum absolute atomic E-state index is 12.0. The summed E-state index contributed by atoms with van der Waals surface area (Å²) in [6.45, 7) is -0.0607. The number of rotatable bonds is 5. The molecule has 0 aliphatic heterocycles. The molecule has 0 saturated carbocycles. The van der Waals surface area contributed by atoms with E-state index in [4.69, 9.17) is 9.84 Å². The number of hydrogen-bond acceptors (Lipinski definition) is 4. The first kappa shape index (κ1) is 13.5. The molecule has 0 aliphatic carbocycles. The van der Waals surface area contributed by atoms with Gasteiger partial charge in [-0.05, 0) is 6.07 Å². The number of carbonyl (C=O) groups is 2. The fourth-order valence-corrected chi connectivity index (χ4v) is 2.65. The lowest BCUT2D eigenvalue weighted by atomic mass is 10.1. The number of nitrogens with one attached hydrogen (secondary N) is 1. The Morgan fingerprint density at radius 1 is 1.42 bits per heavy atom. The van der Waals surface area contributed by atoms with Gasteiger partial charge in [-0.2, -0.15) is 0 Å². The van der Waals surface area contributed by atoms with Gasteiger partial charge in [0.1, 0.15) is 0 Å². The molecule has 19 heavy (non-hydrogen) atoms. The van der Waals surface area contributed by atoms with E-state index in [0.717, 1.165) is 10.1 Å². The third-order valence-electron chi connectivity index (χ3n) is 2.73. The Kier molecular flexibility index (Phi) is 4.13. The van der Waals surface area contributed by atoms with Crippen LogP contribution >= 0.6 is 11.3 Å². The number of aliphatic carboxylic acids is 1. The van der Waals surface area contributed by atoms with E-state index in [1.807, 2.05) is 24.3 Å². The zero-order valence-corrected chi connectivity index (χ0v) is 11.1. The van der Waals surface area contributed by atoms with Gasteiger partial charge in [0, 0.05) is 22.6 Å². The van der Waals surface area contributed by atoms with Crippen LogP contribution in [0.2, 0.25) is 0 Å². The van der Waals surface area contributed by atoms with Crippen molar-refractivity contribution in [1.29, 1.82) is 0 Å². The van der Waals surface area contributed by atoms with Gasteiger partial charge in [0.2, 0.25) is 0 Å². The van der Waals surface area contributed by atoms with Crippen LogP contribution in [0.1, 0.15) is 10.4 Å². The summed E-state index contributed by atoms with van der Waals surface area (Å²) < 4.78 is 5.78. The van der Waals surface area contributed by atoms with Gasteiger partial charge in [-0.3, -0.25) is 4.79 Å². The minimum atomic E-state index is -1.10. The van der Waals surface area contributed by atoms with Crippen molar-refractivity contribution in [2.24, 2.45) is 0 Å². The molecule has 0 fully saturated rings. The fourth-order valence-electron chi connectivity index (χ4n) is 1.71. The average molecular weight is 279 g/mol. The van der Waals surface area contributed by atoms with Gasteiger partial charge in [-0.25, -0.2) is 4.79 Å². The van der Waals surface area contributed by atoms with Crippen molar-refractivity contribution in [2.45, 2.75) is 6.10 Å². The third kappa shape index (κ3) is 2.91. The van der Waals surface area contributed by atoms with Gasteiger partial charge in [-0.1, -0.05) is 18.2 Å². The zero-order valence-electron chi connectivity index (χ0n) is 10.3. The van der Waals surface area contributed by atoms with E-state index in [1.54, 1.807) is 5.38 Å². The maximum Gasteiger partial charge on any atom is 0.334 e. The number of methoxy groups -OCH3 is 1. The number of benzene rings is 1.